The van der Waals surface area contributed by atoms with Gasteiger partial charge in [0.1, 0.15) is 25.4 Å². The molecule has 16 nitrogen and oxygen atoms in total. The van der Waals surface area contributed by atoms with Crippen LogP contribution in [-0.2, 0) is 47.6 Å². The minimum Gasteiger partial charge on any atom is -0.481 e. The molecule has 2 atom stereocenters. The number of thioether (sulfide) groups is 2. The monoisotopic (exact) mass is 981 g/mol. The Bertz CT molecular complexity index is 1160. The van der Waals surface area contributed by atoms with Crippen molar-refractivity contribution in [3.8, 4) is 0 Å². The van der Waals surface area contributed by atoms with Gasteiger partial charge in [-0.25, -0.2) is 9.59 Å². The van der Waals surface area contributed by atoms with Gasteiger partial charge in [0.2, 0.25) is 0 Å². The summed E-state index contributed by atoms with van der Waals surface area (Å²) >= 11 is 3.73. The number of hydrogen-bond acceptors (Lipinski definition) is 16. The molecule has 0 bridgehead atoms. The molecule has 0 rings (SSSR count). The summed E-state index contributed by atoms with van der Waals surface area (Å²) in [5, 5.41) is 18.3. The number of esters is 2. The van der Waals surface area contributed by atoms with E-state index in [1.165, 1.54) is 50.0 Å². The second-order valence-corrected chi connectivity index (χ2v) is 18.5. The Kier molecular flexibility index (Phi) is 43.7. The van der Waals surface area contributed by atoms with Crippen LogP contribution < -0.4 is 0 Å². The highest BCUT2D eigenvalue weighted by Crippen LogP contribution is 2.17. The fourth-order valence-corrected chi connectivity index (χ4v) is 8.06. The summed E-state index contributed by atoms with van der Waals surface area (Å²) in [6.07, 6.45) is 17.4. The quantitative estimate of drug-likeness (QED) is 0.0331. The van der Waals surface area contributed by atoms with Crippen LogP contribution >= 0.6 is 23.5 Å². The van der Waals surface area contributed by atoms with E-state index in [2.05, 4.69) is 31.3 Å². The van der Waals surface area contributed by atoms with Crippen LogP contribution in [0, 0.1) is 0 Å². The lowest BCUT2D eigenvalue weighted by Gasteiger charge is -2.26. The number of ether oxygens (including phenoxy) is 6. The Morgan fingerprint density at radius 2 is 0.773 bits per heavy atom. The van der Waals surface area contributed by atoms with Crippen molar-refractivity contribution in [2.24, 2.45) is 0 Å². The van der Waals surface area contributed by atoms with Crippen LogP contribution in [-0.4, -0.2) is 158 Å². The highest BCUT2D eigenvalue weighted by molar-refractivity contribution is 7.98. The van der Waals surface area contributed by atoms with E-state index in [0.29, 0.717) is 84.2 Å². The smallest absolute Gasteiger partial charge is 0.481 e. The Hall–Kier alpha value is -2.96. The number of aliphatic carboxylic acids is 2. The van der Waals surface area contributed by atoms with Gasteiger partial charge >= 0.3 is 36.2 Å². The Labute approximate surface area is 405 Å². The zero-order valence-electron chi connectivity index (χ0n) is 41.1. The number of carbonyl (C=O) groups excluding carboxylic acids is 4. The average Bonchev–Trinajstić information content (AvgIpc) is 3.27. The fourth-order valence-electron chi connectivity index (χ4n) is 7.08. The lowest BCUT2D eigenvalue weighted by Crippen LogP contribution is -2.39. The number of carboxylic acids is 2. The fraction of sp³-hybridized carbons (Fsp3) is 0.875. The minimum absolute atomic E-state index is 0.0138. The normalized spacial score (nSPS) is 12.2. The summed E-state index contributed by atoms with van der Waals surface area (Å²) in [5.41, 5.74) is 0. The SMILES string of the molecule is CCN(CC)CCN(CCOC(=O)OC(CCCC(=O)O)CCCC(=O)OCCCCCCCCSC)CCOC(=O)OC(CCCC(=O)O)CCCC(=O)OCCCCCCCCSC. The van der Waals surface area contributed by atoms with E-state index in [4.69, 9.17) is 38.6 Å². The van der Waals surface area contributed by atoms with Gasteiger partial charge in [-0.15, -0.1) is 0 Å². The van der Waals surface area contributed by atoms with Crippen LogP contribution in [0.3, 0.4) is 0 Å². The third kappa shape index (κ3) is 42.4. The van der Waals surface area contributed by atoms with E-state index in [1.807, 2.05) is 28.4 Å². The first-order valence-corrected chi connectivity index (χ1v) is 27.6. The van der Waals surface area contributed by atoms with Gasteiger partial charge in [-0.1, -0.05) is 65.2 Å². The summed E-state index contributed by atoms with van der Waals surface area (Å²) in [5.74, 6) is -0.138. The second kappa shape index (κ2) is 45.8. The summed E-state index contributed by atoms with van der Waals surface area (Å²) in [4.78, 5) is 76.8. The van der Waals surface area contributed by atoms with Gasteiger partial charge in [-0.2, -0.15) is 23.5 Å². The molecular weight excluding hydrogens is 893 g/mol. The number of hydrogen-bond donors (Lipinski definition) is 2. The van der Waals surface area contributed by atoms with Gasteiger partial charge in [0.15, 0.2) is 0 Å². The number of likely N-dealkylation sites (N-methyl/N-ethyl adjacent to an activating group) is 1. The van der Waals surface area contributed by atoms with Crippen LogP contribution in [0.4, 0.5) is 9.59 Å². The van der Waals surface area contributed by atoms with E-state index < -0.39 is 36.5 Å². The molecule has 2 unspecified atom stereocenters. The van der Waals surface area contributed by atoms with Crippen molar-refractivity contribution in [3.05, 3.63) is 0 Å². The van der Waals surface area contributed by atoms with E-state index in [0.717, 1.165) is 58.2 Å². The average molecular weight is 981 g/mol. The molecule has 0 saturated carbocycles. The number of rotatable bonds is 47. The van der Waals surface area contributed by atoms with E-state index in [-0.39, 0.29) is 50.8 Å². The molecule has 0 fully saturated rings. The molecule has 0 radical (unpaired) electrons. The van der Waals surface area contributed by atoms with Crippen molar-refractivity contribution in [1.82, 2.24) is 9.80 Å². The van der Waals surface area contributed by atoms with Crippen molar-refractivity contribution < 1.29 is 67.4 Å². The third-order valence-electron chi connectivity index (χ3n) is 11.1. The van der Waals surface area contributed by atoms with Crippen LogP contribution in [0.1, 0.15) is 168 Å². The van der Waals surface area contributed by atoms with E-state index in [1.54, 1.807) is 0 Å². The lowest BCUT2D eigenvalue weighted by molar-refractivity contribution is -0.145. The van der Waals surface area contributed by atoms with Gasteiger partial charge in [0.05, 0.1) is 13.2 Å². The number of carbonyl (C=O) groups is 6. The molecular formula is C48H88N2O14S2. The topological polar surface area (TPSA) is 205 Å². The summed E-state index contributed by atoms with van der Waals surface area (Å²) in [6, 6.07) is 0. The maximum atomic E-state index is 12.8. The largest absolute Gasteiger partial charge is 0.508 e. The molecule has 18 heteroatoms. The predicted molar refractivity (Wildman–Crippen MR) is 261 cm³/mol. The van der Waals surface area contributed by atoms with E-state index in [9.17, 15) is 28.8 Å². The first-order valence-electron chi connectivity index (χ1n) is 24.8. The molecule has 0 aliphatic carbocycles. The standard InChI is InChI=1S/C48H88N2O14S2/c1-5-49(6-2)31-32-50(33-37-61-47(57)63-41(23-19-27-43(51)52)25-21-29-45(55)59-35-15-11-7-9-13-17-39-65-3)34-38-62-48(58)64-42(24-20-28-44(53)54)26-22-30-46(56)60-36-16-12-8-10-14-18-40-66-4/h41-42H,5-40H2,1-4H3,(H,51,52)(H,53,54). The van der Waals surface area contributed by atoms with Crippen LogP contribution in [0.25, 0.3) is 0 Å². The van der Waals surface area contributed by atoms with Crippen LogP contribution in [0.15, 0.2) is 0 Å². The molecule has 0 spiro atoms. The third-order valence-corrected chi connectivity index (χ3v) is 12.5. The van der Waals surface area contributed by atoms with Gasteiger partial charge in [-0.05, 0) is 114 Å². The molecule has 386 valence electrons. The molecule has 0 aromatic carbocycles. The summed E-state index contributed by atoms with van der Waals surface area (Å²) in [7, 11) is 0. The predicted octanol–water partition coefficient (Wildman–Crippen LogP) is 10.0. The Balaban J connectivity index is 4.97. The lowest BCUT2D eigenvalue weighted by atomic mass is 10.1. The Morgan fingerprint density at radius 3 is 1.14 bits per heavy atom. The number of nitrogens with zero attached hydrogens (tertiary/aromatic N) is 2. The van der Waals surface area contributed by atoms with Gasteiger partial charge in [0.25, 0.3) is 0 Å². The first kappa shape index (κ1) is 63.0. The molecule has 0 aliphatic heterocycles. The van der Waals surface area contributed by atoms with Crippen molar-refractivity contribution in [2.45, 2.75) is 180 Å². The highest BCUT2D eigenvalue weighted by atomic mass is 32.2. The summed E-state index contributed by atoms with van der Waals surface area (Å²) < 4.78 is 32.8. The van der Waals surface area contributed by atoms with Crippen LogP contribution in [0.2, 0.25) is 0 Å². The second-order valence-electron chi connectivity index (χ2n) is 16.6. The molecule has 0 aromatic rings. The van der Waals surface area contributed by atoms with E-state index >= 15 is 0 Å². The highest BCUT2D eigenvalue weighted by Gasteiger charge is 2.20. The molecule has 0 amide bonds. The van der Waals surface area contributed by atoms with Crippen LogP contribution in [0.5, 0.6) is 0 Å². The Morgan fingerprint density at radius 1 is 0.424 bits per heavy atom. The maximum Gasteiger partial charge on any atom is 0.508 e. The number of carboxylic acid groups (broad SMARTS) is 2. The van der Waals surface area contributed by atoms with Gasteiger partial charge in [0, 0.05) is 51.9 Å². The van der Waals surface area contributed by atoms with Gasteiger partial charge < -0.3 is 43.5 Å². The molecule has 0 saturated heterocycles. The van der Waals surface area contributed by atoms with Gasteiger partial charge in [-0.3, -0.25) is 24.1 Å². The molecule has 66 heavy (non-hydrogen) atoms. The summed E-state index contributed by atoms with van der Waals surface area (Å²) in [6.45, 7) is 8.49. The minimum atomic E-state index is -0.949. The van der Waals surface area contributed by atoms with Crippen molar-refractivity contribution in [1.29, 1.82) is 0 Å². The molecule has 0 aromatic heterocycles. The number of unbranched alkanes of at least 4 members (excludes halogenated alkanes) is 10. The van der Waals surface area contributed by atoms with Crippen molar-refractivity contribution >= 4 is 59.7 Å². The zero-order chi connectivity index (χ0) is 48.9. The molecule has 0 heterocycles. The van der Waals surface area contributed by atoms with Crippen molar-refractivity contribution in [3.63, 3.8) is 0 Å². The zero-order valence-corrected chi connectivity index (χ0v) is 42.7. The molecule has 0 aliphatic rings. The first-order chi connectivity index (χ1) is 31.9. The maximum absolute atomic E-state index is 12.8. The molecule has 2 N–H and O–H groups in total. The van der Waals surface area contributed by atoms with Crippen molar-refractivity contribution in [2.75, 3.05) is 89.7 Å².